The molecule has 0 saturated heterocycles. The van der Waals surface area contributed by atoms with Crippen molar-refractivity contribution in [1.82, 2.24) is 5.43 Å². The van der Waals surface area contributed by atoms with Crippen LogP contribution in [-0.2, 0) is 0 Å². The Kier molecular flexibility index (Phi) is 2.77. The number of nitroso groups, excluding NO2 is 1. The molecule has 0 aromatic heterocycles. The third kappa shape index (κ3) is 1.52. The summed E-state index contributed by atoms with van der Waals surface area (Å²) < 4.78 is 0. The Morgan fingerprint density at radius 3 is 2.60 bits per heavy atom. The fraction of sp³-hybridized carbons (Fsp3) is 1.00. The van der Waals surface area contributed by atoms with Crippen LogP contribution in [-0.4, -0.2) is 12.1 Å². The molecule has 0 aromatic carbocycles. The highest BCUT2D eigenvalue weighted by Crippen LogP contribution is 2.20. The normalized spacial score (nSPS) is 33.7. The van der Waals surface area contributed by atoms with E-state index in [1.54, 1.807) is 0 Å². The largest absolute Gasteiger partial charge is 0.271 e. The topological polar surface area (TPSA) is 67.5 Å². The second kappa shape index (κ2) is 3.63. The molecule has 1 rings (SSSR count). The maximum absolute atomic E-state index is 10.2. The summed E-state index contributed by atoms with van der Waals surface area (Å²) in [5, 5.41) is 3.01. The highest BCUT2D eigenvalue weighted by Gasteiger charge is 2.24. The minimum absolute atomic E-state index is 0.0984. The van der Waals surface area contributed by atoms with E-state index in [1.807, 2.05) is 0 Å². The van der Waals surface area contributed by atoms with Gasteiger partial charge in [0.15, 0.2) is 0 Å². The second-order valence-electron chi connectivity index (χ2n) is 2.73. The number of hydrazine groups is 1. The number of nitrogens with one attached hydrogen (secondary N) is 1. The predicted molar refractivity (Wildman–Crippen MR) is 39.2 cm³/mol. The molecule has 1 saturated carbocycles. The molecule has 2 unspecified atom stereocenters. The number of nitrogens with two attached hydrogens (primary N) is 1. The maximum atomic E-state index is 10.2. The van der Waals surface area contributed by atoms with Crippen LogP contribution in [0.1, 0.15) is 25.7 Å². The van der Waals surface area contributed by atoms with Crippen LogP contribution in [0.5, 0.6) is 0 Å². The number of nitrogens with zero attached hydrogens (tertiary/aromatic N) is 1. The van der Waals surface area contributed by atoms with Crippen molar-refractivity contribution in [3.63, 3.8) is 0 Å². The van der Waals surface area contributed by atoms with Gasteiger partial charge in [-0.15, -0.1) is 0 Å². The molecule has 1 fully saturated rings. The highest BCUT2D eigenvalue weighted by molar-refractivity contribution is 4.83. The Morgan fingerprint density at radius 1 is 1.40 bits per heavy atom. The first-order valence-electron chi connectivity index (χ1n) is 3.67. The van der Waals surface area contributed by atoms with E-state index in [4.69, 9.17) is 5.84 Å². The van der Waals surface area contributed by atoms with E-state index in [2.05, 4.69) is 10.6 Å². The van der Waals surface area contributed by atoms with Crippen molar-refractivity contribution in [1.29, 1.82) is 0 Å². The molecular formula is C6H13N3O. The Morgan fingerprint density at radius 2 is 2.10 bits per heavy atom. The Bertz CT molecular complexity index is 118. The molecule has 2 atom stereocenters. The lowest BCUT2D eigenvalue weighted by molar-refractivity contribution is 0.332. The van der Waals surface area contributed by atoms with E-state index in [0.717, 1.165) is 25.7 Å². The van der Waals surface area contributed by atoms with Crippen molar-refractivity contribution in [2.75, 3.05) is 0 Å². The lowest BCUT2D eigenvalue weighted by Crippen LogP contribution is -2.44. The van der Waals surface area contributed by atoms with Crippen molar-refractivity contribution in [3.05, 3.63) is 4.91 Å². The van der Waals surface area contributed by atoms with Gasteiger partial charge in [-0.05, 0) is 12.8 Å². The minimum Gasteiger partial charge on any atom is -0.271 e. The van der Waals surface area contributed by atoms with Crippen LogP contribution >= 0.6 is 0 Å². The minimum atomic E-state index is -0.0984. The lowest BCUT2D eigenvalue weighted by Gasteiger charge is -2.25. The molecule has 0 bridgehead atoms. The molecule has 4 nitrogen and oxygen atoms in total. The van der Waals surface area contributed by atoms with Gasteiger partial charge in [-0.2, -0.15) is 4.91 Å². The molecular weight excluding hydrogens is 130 g/mol. The van der Waals surface area contributed by atoms with Crippen LogP contribution < -0.4 is 11.3 Å². The molecule has 1 aliphatic carbocycles. The number of hydrogen-bond donors (Lipinski definition) is 2. The monoisotopic (exact) mass is 143 g/mol. The van der Waals surface area contributed by atoms with E-state index in [0.29, 0.717) is 0 Å². The molecule has 0 spiro atoms. The summed E-state index contributed by atoms with van der Waals surface area (Å²) in [6.07, 6.45) is 4.13. The Labute approximate surface area is 60.1 Å². The molecule has 1 aliphatic rings. The van der Waals surface area contributed by atoms with E-state index < -0.39 is 0 Å². The average molecular weight is 143 g/mol. The van der Waals surface area contributed by atoms with E-state index in [-0.39, 0.29) is 12.1 Å². The smallest absolute Gasteiger partial charge is 0.108 e. The SMILES string of the molecule is NNC1CCCCC1N=O. The zero-order chi connectivity index (χ0) is 7.40. The third-order valence-corrected chi connectivity index (χ3v) is 2.08. The first-order chi connectivity index (χ1) is 4.88. The summed E-state index contributed by atoms with van der Waals surface area (Å²) in [5.41, 5.74) is 2.61. The van der Waals surface area contributed by atoms with Gasteiger partial charge in [0.05, 0.1) is 0 Å². The summed E-state index contributed by atoms with van der Waals surface area (Å²) in [7, 11) is 0. The quantitative estimate of drug-likeness (QED) is 0.336. The second-order valence-corrected chi connectivity index (χ2v) is 2.73. The van der Waals surface area contributed by atoms with Crippen LogP contribution in [0.25, 0.3) is 0 Å². The van der Waals surface area contributed by atoms with Crippen LogP contribution in [0.3, 0.4) is 0 Å². The highest BCUT2D eigenvalue weighted by atomic mass is 16.3. The van der Waals surface area contributed by atoms with Crippen LogP contribution in [0.4, 0.5) is 0 Å². The maximum Gasteiger partial charge on any atom is 0.108 e. The Hall–Kier alpha value is -0.480. The Balaban J connectivity index is 2.41. The first kappa shape index (κ1) is 7.63. The molecule has 0 aliphatic heterocycles. The molecule has 0 amide bonds. The summed E-state index contributed by atoms with van der Waals surface area (Å²) in [6, 6.07) is 0.0185. The molecule has 58 valence electrons. The molecule has 10 heavy (non-hydrogen) atoms. The van der Waals surface area contributed by atoms with Crippen molar-refractivity contribution in [2.45, 2.75) is 37.8 Å². The molecule has 0 aromatic rings. The van der Waals surface area contributed by atoms with Gasteiger partial charge < -0.3 is 0 Å². The standard InChI is InChI=1S/C6H13N3O/c7-8-5-3-1-2-4-6(5)9-10/h5-6,8H,1-4,7H2. The zero-order valence-corrected chi connectivity index (χ0v) is 5.92. The summed E-state index contributed by atoms with van der Waals surface area (Å²) in [6.45, 7) is 0. The van der Waals surface area contributed by atoms with Crippen molar-refractivity contribution < 1.29 is 0 Å². The number of hydrogen-bond acceptors (Lipinski definition) is 4. The van der Waals surface area contributed by atoms with Crippen LogP contribution in [0.2, 0.25) is 0 Å². The van der Waals surface area contributed by atoms with E-state index in [1.165, 1.54) is 0 Å². The summed E-state index contributed by atoms with van der Waals surface area (Å²) in [4.78, 5) is 10.2. The zero-order valence-electron chi connectivity index (χ0n) is 5.92. The first-order valence-corrected chi connectivity index (χ1v) is 3.67. The van der Waals surface area contributed by atoms with Gasteiger partial charge in [0, 0.05) is 6.04 Å². The third-order valence-electron chi connectivity index (χ3n) is 2.08. The van der Waals surface area contributed by atoms with Gasteiger partial charge in [0.1, 0.15) is 6.04 Å². The van der Waals surface area contributed by atoms with Crippen molar-refractivity contribution >= 4 is 0 Å². The van der Waals surface area contributed by atoms with E-state index >= 15 is 0 Å². The van der Waals surface area contributed by atoms with Gasteiger partial charge in [-0.25, -0.2) is 0 Å². The lowest BCUT2D eigenvalue weighted by atomic mass is 9.91. The van der Waals surface area contributed by atoms with Gasteiger partial charge in [-0.1, -0.05) is 18.0 Å². The molecule has 0 heterocycles. The van der Waals surface area contributed by atoms with Crippen molar-refractivity contribution in [3.8, 4) is 0 Å². The predicted octanol–water partition coefficient (Wildman–Crippen LogP) is 0.527. The molecule has 3 N–H and O–H groups in total. The molecule has 4 heteroatoms. The fourth-order valence-corrected chi connectivity index (χ4v) is 1.43. The van der Waals surface area contributed by atoms with Crippen molar-refractivity contribution in [2.24, 2.45) is 11.0 Å². The van der Waals surface area contributed by atoms with Gasteiger partial charge >= 0.3 is 0 Å². The van der Waals surface area contributed by atoms with Gasteiger partial charge in [0.2, 0.25) is 0 Å². The number of rotatable bonds is 2. The van der Waals surface area contributed by atoms with Crippen LogP contribution in [0, 0.1) is 4.91 Å². The fourth-order valence-electron chi connectivity index (χ4n) is 1.43. The van der Waals surface area contributed by atoms with Gasteiger partial charge in [0.25, 0.3) is 0 Å². The summed E-state index contributed by atoms with van der Waals surface area (Å²) in [5.74, 6) is 5.22. The van der Waals surface area contributed by atoms with Crippen LogP contribution in [0.15, 0.2) is 5.18 Å². The van der Waals surface area contributed by atoms with Gasteiger partial charge in [-0.3, -0.25) is 11.3 Å². The average Bonchev–Trinajstić information content (AvgIpc) is 2.04. The summed E-state index contributed by atoms with van der Waals surface area (Å²) >= 11 is 0. The van der Waals surface area contributed by atoms with E-state index in [9.17, 15) is 4.91 Å². The molecule has 0 radical (unpaired) electrons.